The van der Waals surface area contributed by atoms with Gasteiger partial charge in [0.25, 0.3) is 0 Å². The maximum Gasteiger partial charge on any atom is 0.306 e. The fourth-order valence-corrected chi connectivity index (χ4v) is 8.48. The van der Waals surface area contributed by atoms with Gasteiger partial charge in [0.1, 0.15) is 13.2 Å². The molecule has 0 spiro atoms. The first kappa shape index (κ1) is 69.3. The Labute approximate surface area is 451 Å². The van der Waals surface area contributed by atoms with Crippen molar-refractivity contribution in [3.8, 4) is 0 Å². The number of unbranched alkanes of at least 4 members (excludes halogenated alkanes) is 28. The summed E-state index contributed by atoms with van der Waals surface area (Å²) in [5, 5.41) is 0. The van der Waals surface area contributed by atoms with Crippen LogP contribution in [-0.4, -0.2) is 37.2 Å². The molecule has 0 aromatic carbocycles. The third kappa shape index (κ3) is 59.1. The third-order valence-corrected chi connectivity index (χ3v) is 13.1. The molecule has 6 heteroatoms. The fraction of sp³-hybridized carbons (Fsp3) is 0.716. The molecule has 1 unspecified atom stereocenters. The standard InChI is InChI=1S/C67H114O6/c1-4-7-10-13-16-19-22-25-27-29-31-33-35-37-39-42-45-48-51-54-57-60-66(69)72-63-64(62-71-65(68)59-56-53-50-47-44-41-24-21-18-15-12-9-6-3)73-67(70)61-58-55-52-49-46-43-40-38-36-34-32-30-28-26-23-20-17-14-11-8-5-2/h7,10,16,19,23,25-27,30-33,36-39,64H,4-6,8-9,11-15,17-18,20-22,24,28-29,34-35,40-63H2,1-3H3/b10-7-,19-16-,26-23-,27-25-,32-30-,33-31-,38-36-,39-37-. The van der Waals surface area contributed by atoms with Gasteiger partial charge in [-0.3, -0.25) is 14.4 Å². The van der Waals surface area contributed by atoms with E-state index in [1.165, 1.54) is 116 Å². The highest BCUT2D eigenvalue weighted by atomic mass is 16.6. The molecule has 0 radical (unpaired) electrons. The van der Waals surface area contributed by atoms with Crippen LogP contribution in [0.25, 0.3) is 0 Å². The summed E-state index contributed by atoms with van der Waals surface area (Å²) in [5.41, 5.74) is 0. The maximum atomic E-state index is 12.9. The van der Waals surface area contributed by atoms with Gasteiger partial charge in [-0.2, -0.15) is 0 Å². The molecule has 418 valence electrons. The minimum Gasteiger partial charge on any atom is -0.462 e. The molecule has 73 heavy (non-hydrogen) atoms. The van der Waals surface area contributed by atoms with E-state index in [2.05, 4.69) is 118 Å². The lowest BCUT2D eigenvalue weighted by atomic mass is 10.0. The molecule has 0 N–H and O–H groups in total. The van der Waals surface area contributed by atoms with E-state index in [4.69, 9.17) is 14.2 Å². The van der Waals surface area contributed by atoms with Gasteiger partial charge in [0.05, 0.1) is 0 Å². The SMILES string of the molecule is CC/C=C\C/C=C\C/C=C\C/C=C\C/C=C\CCCCCCCC(=O)OCC(COC(=O)CCCCCCCCCCCCCCC)OC(=O)CCCCCCCC/C=C\C/C=C\C/C=C\CCCCCCC. The van der Waals surface area contributed by atoms with E-state index in [-0.39, 0.29) is 31.1 Å². The van der Waals surface area contributed by atoms with Crippen molar-refractivity contribution in [3.05, 3.63) is 97.2 Å². The molecule has 0 amide bonds. The molecule has 1 atom stereocenters. The minimum atomic E-state index is -0.793. The molecule has 0 aliphatic rings. The van der Waals surface area contributed by atoms with Crippen molar-refractivity contribution in [1.29, 1.82) is 0 Å². The quantitative estimate of drug-likeness (QED) is 0.0261. The summed E-state index contributed by atoms with van der Waals surface area (Å²) < 4.78 is 16.9. The second-order valence-electron chi connectivity index (χ2n) is 20.2. The Morgan fingerprint density at radius 1 is 0.288 bits per heavy atom. The van der Waals surface area contributed by atoms with E-state index in [9.17, 15) is 14.4 Å². The number of ether oxygens (including phenoxy) is 3. The molecule has 6 nitrogen and oxygen atoms in total. The van der Waals surface area contributed by atoms with Crippen LogP contribution in [-0.2, 0) is 28.6 Å². The van der Waals surface area contributed by atoms with Gasteiger partial charge in [-0.05, 0) is 103 Å². The maximum absolute atomic E-state index is 12.9. The van der Waals surface area contributed by atoms with Crippen molar-refractivity contribution in [2.24, 2.45) is 0 Å². The molecule has 0 fully saturated rings. The first-order valence-electron chi connectivity index (χ1n) is 30.7. The molecule has 0 aliphatic carbocycles. The Hall–Kier alpha value is -3.67. The Kier molecular flexibility index (Phi) is 57.8. The smallest absolute Gasteiger partial charge is 0.306 e. The second kappa shape index (κ2) is 60.9. The van der Waals surface area contributed by atoms with Crippen LogP contribution in [0, 0.1) is 0 Å². The largest absolute Gasteiger partial charge is 0.462 e. The highest BCUT2D eigenvalue weighted by Gasteiger charge is 2.19. The number of carbonyl (C=O) groups is 3. The number of carbonyl (C=O) groups excluding carboxylic acids is 3. The topological polar surface area (TPSA) is 78.9 Å². The number of allylic oxidation sites excluding steroid dienone is 16. The van der Waals surface area contributed by atoms with E-state index in [0.717, 1.165) is 135 Å². The van der Waals surface area contributed by atoms with Crippen molar-refractivity contribution in [2.75, 3.05) is 13.2 Å². The first-order chi connectivity index (χ1) is 36.0. The van der Waals surface area contributed by atoms with Gasteiger partial charge in [0, 0.05) is 19.3 Å². The van der Waals surface area contributed by atoms with Gasteiger partial charge in [-0.1, -0.05) is 266 Å². The lowest BCUT2D eigenvalue weighted by Crippen LogP contribution is -2.30. The first-order valence-corrected chi connectivity index (χ1v) is 30.7. The average molecular weight is 1020 g/mol. The van der Waals surface area contributed by atoms with Crippen LogP contribution in [0.2, 0.25) is 0 Å². The molecule has 0 bridgehead atoms. The van der Waals surface area contributed by atoms with Crippen molar-refractivity contribution < 1.29 is 28.6 Å². The van der Waals surface area contributed by atoms with Crippen molar-refractivity contribution in [3.63, 3.8) is 0 Å². The predicted molar refractivity (Wildman–Crippen MR) is 316 cm³/mol. The van der Waals surface area contributed by atoms with E-state index < -0.39 is 6.10 Å². The van der Waals surface area contributed by atoms with E-state index in [1.54, 1.807) is 0 Å². The summed E-state index contributed by atoms with van der Waals surface area (Å²) in [6.07, 6.45) is 81.1. The predicted octanol–water partition coefficient (Wildman–Crippen LogP) is 20.9. The second-order valence-corrected chi connectivity index (χ2v) is 20.2. The van der Waals surface area contributed by atoms with Gasteiger partial charge in [-0.25, -0.2) is 0 Å². The van der Waals surface area contributed by atoms with Crippen LogP contribution in [0.4, 0.5) is 0 Å². The van der Waals surface area contributed by atoms with Gasteiger partial charge in [0.15, 0.2) is 6.10 Å². The summed E-state index contributed by atoms with van der Waals surface area (Å²) in [6.45, 7) is 6.51. The Balaban J connectivity index is 4.42. The van der Waals surface area contributed by atoms with Crippen LogP contribution in [0.5, 0.6) is 0 Å². The Bertz CT molecular complexity index is 1440. The summed E-state index contributed by atoms with van der Waals surface area (Å²) >= 11 is 0. The summed E-state index contributed by atoms with van der Waals surface area (Å²) in [5.74, 6) is -0.912. The van der Waals surface area contributed by atoms with Gasteiger partial charge >= 0.3 is 17.9 Å². The lowest BCUT2D eigenvalue weighted by molar-refractivity contribution is -0.167. The van der Waals surface area contributed by atoms with Crippen LogP contribution < -0.4 is 0 Å². The number of rotatable bonds is 55. The van der Waals surface area contributed by atoms with Crippen LogP contribution in [0.15, 0.2) is 97.2 Å². The lowest BCUT2D eigenvalue weighted by Gasteiger charge is -2.18. The molecule has 0 aromatic heterocycles. The number of hydrogen-bond acceptors (Lipinski definition) is 6. The van der Waals surface area contributed by atoms with Crippen molar-refractivity contribution >= 4 is 17.9 Å². The molecule has 0 aliphatic heterocycles. The van der Waals surface area contributed by atoms with Gasteiger partial charge in [-0.15, -0.1) is 0 Å². The Morgan fingerprint density at radius 3 is 0.836 bits per heavy atom. The average Bonchev–Trinajstić information content (AvgIpc) is 3.39. The third-order valence-electron chi connectivity index (χ3n) is 13.1. The zero-order chi connectivity index (χ0) is 52.9. The van der Waals surface area contributed by atoms with E-state index in [1.807, 2.05) is 0 Å². The molecule has 0 saturated heterocycles. The normalized spacial score (nSPS) is 12.8. The monoisotopic (exact) mass is 1010 g/mol. The highest BCUT2D eigenvalue weighted by molar-refractivity contribution is 5.71. The highest BCUT2D eigenvalue weighted by Crippen LogP contribution is 2.15. The zero-order valence-corrected chi connectivity index (χ0v) is 47.9. The summed E-state index contributed by atoms with van der Waals surface area (Å²) in [6, 6.07) is 0. The van der Waals surface area contributed by atoms with Crippen LogP contribution >= 0.6 is 0 Å². The van der Waals surface area contributed by atoms with E-state index in [0.29, 0.717) is 19.3 Å². The molecular weight excluding hydrogens is 901 g/mol. The molecule has 0 heterocycles. The summed E-state index contributed by atoms with van der Waals surface area (Å²) in [4.78, 5) is 38.3. The van der Waals surface area contributed by atoms with Crippen molar-refractivity contribution in [2.45, 2.75) is 297 Å². The van der Waals surface area contributed by atoms with E-state index >= 15 is 0 Å². The molecule has 0 aromatic rings. The summed E-state index contributed by atoms with van der Waals surface area (Å²) in [7, 11) is 0. The minimum absolute atomic E-state index is 0.0877. The van der Waals surface area contributed by atoms with Crippen molar-refractivity contribution in [1.82, 2.24) is 0 Å². The zero-order valence-electron chi connectivity index (χ0n) is 47.9. The molecule has 0 rings (SSSR count). The van der Waals surface area contributed by atoms with Crippen LogP contribution in [0.3, 0.4) is 0 Å². The van der Waals surface area contributed by atoms with Gasteiger partial charge < -0.3 is 14.2 Å². The molecular formula is C67H114O6. The van der Waals surface area contributed by atoms with Gasteiger partial charge in [0.2, 0.25) is 0 Å². The number of hydrogen-bond donors (Lipinski definition) is 0. The fourth-order valence-electron chi connectivity index (χ4n) is 8.48. The molecule has 0 saturated carbocycles. The Morgan fingerprint density at radius 2 is 0.534 bits per heavy atom. The number of esters is 3. The van der Waals surface area contributed by atoms with Crippen LogP contribution in [0.1, 0.15) is 290 Å².